The molecule has 0 saturated carbocycles. The summed E-state index contributed by atoms with van der Waals surface area (Å²) in [6.45, 7) is 0. The number of hydrogen-bond acceptors (Lipinski definition) is 5. The highest BCUT2D eigenvalue weighted by molar-refractivity contribution is 5.81. The van der Waals surface area contributed by atoms with Crippen LogP contribution in [0.15, 0.2) is 23.7 Å². The summed E-state index contributed by atoms with van der Waals surface area (Å²) in [6.07, 6.45) is 5.33. The van der Waals surface area contributed by atoms with Crippen LogP contribution < -0.4 is 5.73 Å². The molecule has 14 heavy (non-hydrogen) atoms. The normalized spacial score (nSPS) is 12.1. The zero-order valence-electron chi connectivity index (χ0n) is 7.20. The fourth-order valence-corrected chi connectivity index (χ4v) is 1.11. The Morgan fingerprint density at radius 1 is 1.64 bits per heavy atom. The van der Waals surface area contributed by atoms with E-state index in [2.05, 4.69) is 20.3 Å². The van der Waals surface area contributed by atoms with E-state index in [1.807, 2.05) is 0 Å². The van der Waals surface area contributed by atoms with Gasteiger partial charge in [0.1, 0.15) is 5.84 Å². The van der Waals surface area contributed by atoms with Crippen molar-refractivity contribution in [2.75, 3.05) is 0 Å². The van der Waals surface area contributed by atoms with Crippen LogP contribution in [0.4, 0.5) is 0 Å². The summed E-state index contributed by atoms with van der Waals surface area (Å²) in [5.74, 6) is 0.606. The minimum atomic E-state index is 0.112. The molecule has 0 unspecified atom stereocenters. The maximum Gasteiger partial charge on any atom is 0.253 e. The van der Waals surface area contributed by atoms with Crippen LogP contribution in [0.1, 0.15) is 5.69 Å². The average Bonchev–Trinajstić information content (AvgIpc) is 2.59. The molecule has 2 aromatic rings. The molecule has 3 N–H and O–H groups in total. The molecule has 0 aliphatic heterocycles. The van der Waals surface area contributed by atoms with Gasteiger partial charge in [0.25, 0.3) is 5.78 Å². The minimum Gasteiger partial charge on any atom is -0.409 e. The maximum atomic E-state index is 8.37. The molecule has 0 aliphatic carbocycles. The number of oxime groups is 1. The highest BCUT2D eigenvalue weighted by atomic mass is 16.4. The first-order chi connectivity index (χ1) is 6.79. The van der Waals surface area contributed by atoms with E-state index in [1.165, 1.54) is 0 Å². The highest BCUT2D eigenvalue weighted by Gasteiger charge is 2.04. The van der Waals surface area contributed by atoms with Gasteiger partial charge >= 0.3 is 0 Å². The summed E-state index contributed by atoms with van der Waals surface area (Å²) in [6, 6.07) is 0. The van der Waals surface area contributed by atoms with Crippen molar-refractivity contribution in [3.05, 3.63) is 24.3 Å². The molecule has 2 heterocycles. The number of aromatic nitrogens is 4. The summed E-state index contributed by atoms with van der Waals surface area (Å²) in [7, 11) is 0. The van der Waals surface area contributed by atoms with Crippen molar-refractivity contribution in [2.45, 2.75) is 6.42 Å². The molecule has 2 aromatic heterocycles. The lowest BCUT2D eigenvalue weighted by molar-refractivity contribution is 0.317. The van der Waals surface area contributed by atoms with Crippen LogP contribution in [-0.2, 0) is 6.42 Å². The molecule has 0 radical (unpaired) electrons. The Balaban J connectivity index is 2.36. The van der Waals surface area contributed by atoms with Crippen LogP contribution in [0.5, 0.6) is 0 Å². The molecule has 0 bridgehead atoms. The van der Waals surface area contributed by atoms with E-state index in [1.54, 1.807) is 23.0 Å². The lowest BCUT2D eigenvalue weighted by Crippen LogP contribution is -2.14. The van der Waals surface area contributed by atoms with Gasteiger partial charge < -0.3 is 10.9 Å². The number of amidine groups is 1. The van der Waals surface area contributed by atoms with Crippen LogP contribution in [0.2, 0.25) is 0 Å². The predicted molar refractivity (Wildman–Crippen MR) is 47.9 cm³/mol. The van der Waals surface area contributed by atoms with Gasteiger partial charge in [-0.15, -0.1) is 5.10 Å². The molecule has 7 heteroatoms. The third kappa shape index (κ3) is 1.47. The molecule has 2 rings (SSSR count). The van der Waals surface area contributed by atoms with Crippen molar-refractivity contribution in [1.29, 1.82) is 0 Å². The lowest BCUT2D eigenvalue weighted by Gasteiger charge is -1.90. The molecule has 0 aromatic carbocycles. The first-order valence-corrected chi connectivity index (χ1v) is 3.91. The van der Waals surface area contributed by atoms with Crippen molar-refractivity contribution in [2.24, 2.45) is 10.9 Å². The molecule has 0 atom stereocenters. The minimum absolute atomic E-state index is 0.112. The van der Waals surface area contributed by atoms with Crippen molar-refractivity contribution in [1.82, 2.24) is 19.6 Å². The Morgan fingerprint density at radius 2 is 2.50 bits per heavy atom. The molecule has 72 valence electrons. The topological polar surface area (TPSA) is 102 Å². The molecule has 0 fully saturated rings. The first kappa shape index (κ1) is 8.42. The molecule has 0 saturated heterocycles. The van der Waals surface area contributed by atoms with Crippen LogP contribution in [0.3, 0.4) is 0 Å². The Hall–Kier alpha value is -2.18. The molecular weight excluding hydrogens is 184 g/mol. The summed E-state index contributed by atoms with van der Waals surface area (Å²) in [5, 5.41) is 18.7. The highest BCUT2D eigenvalue weighted by Crippen LogP contribution is 2.01. The van der Waals surface area contributed by atoms with E-state index in [4.69, 9.17) is 10.9 Å². The third-order valence-electron chi connectivity index (χ3n) is 1.69. The number of nitrogens with two attached hydrogens (primary N) is 1. The standard InChI is InChI=1S/C7H8N6O/c8-6(12-14)3-5-4-13-2-1-9-11-7(13)10-5/h1-2,4,14H,3H2,(H2,8,12). The van der Waals surface area contributed by atoms with Crippen molar-refractivity contribution >= 4 is 11.6 Å². The fraction of sp³-hybridized carbons (Fsp3) is 0.143. The van der Waals surface area contributed by atoms with Gasteiger partial charge in [0, 0.05) is 12.4 Å². The van der Waals surface area contributed by atoms with E-state index in [0.717, 1.165) is 0 Å². The first-order valence-electron chi connectivity index (χ1n) is 3.91. The van der Waals surface area contributed by atoms with Gasteiger partial charge in [-0.3, -0.25) is 4.40 Å². The smallest absolute Gasteiger partial charge is 0.253 e. The van der Waals surface area contributed by atoms with Crippen molar-refractivity contribution < 1.29 is 5.21 Å². The second-order valence-corrected chi connectivity index (χ2v) is 2.72. The molecule has 7 nitrogen and oxygen atoms in total. The van der Waals surface area contributed by atoms with Crippen molar-refractivity contribution in [3.63, 3.8) is 0 Å². The van der Waals surface area contributed by atoms with Gasteiger partial charge in [0.05, 0.1) is 18.3 Å². The van der Waals surface area contributed by atoms with E-state index < -0.39 is 0 Å². The monoisotopic (exact) mass is 192 g/mol. The van der Waals surface area contributed by atoms with Gasteiger partial charge in [0.2, 0.25) is 0 Å². The second kappa shape index (κ2) is 3.29. The quantitative estimate of drug-likeness (QED) is 0.286. The van der Waals surface area contributed by atoms with Crippen LogP contribution in [-0.4, -0.2) is 30.6 Å². The lowest BCUT2D eigenvalue weighted by atomic mass is 10.3. The Kier molecular flexibility index (Phi) is 1.98. The van der Waals surface area contributed by atoms with Crippen LogP contribution >= 0.6 is 0 Å². The summed E-state index contributed by atoms with van der Waals surface area (Å²) < 4.78 is 1.72. The number of rotatable bonds is 2. The van der Waals surface area contributed by atoms with Gasteiger partial charge in [-0.2, -0.15) is 5.10 Å². The van der Waals surface area contributed by atoms with Gasteiger partial charge in [-0.1, -0.05) is 5.16 Å². The fourth-order valence-electron chi connectivity index (χ4n) is 1.11. The van der Waals surface area contributed by atoms with Crippen molar-refractivity contribution in [3.8, 4) is 0 Å². The second-order valence-electron chi connectivity index (χ2n) is 2.72. The number of nitrogens with zero attached hydrogens (tertiary/aromatic N) is 5. The molecule has 0 spiro atoms. The van der Waals surface area contributed by atoms with Crippen LogP contribution in [0, 0.1) is 0 Å². The van der Waals surface area contributed by atoms with Gasteiger partial charge in [-0.05, 0) is 0 Å². The Morgan fingerprint density at radius 3 is 3.21 bits per heavy atom. The molecule has 0 aliphatic rings. The van der Waals surface area contributed by atoms with E-state index in [9.17, 15) is 0 Å². The average molecular weight is 192 g/mol. The largest absolute Gasteiger partial charge is 0.409 e. The van der Waals surface area contributed by atoms with E-state index in [-0.39, 0.29) is 5.84 Å². The van der Waals surface area contributed by atoms with E-state index >= 15 is 0 Å². The van der Waals surface area contributed by atoms with Crippen LogP contribution in [0.25, 0.3) is 5.78 Å². The maximum absolute atomic E-state index is 8.37. The predicted octanol–water partition coefficient (Wildman–Crippen LogP) is -0.587. The number of fused-ring (bicyclic) bond motifs is 1. The summed E-state index contributed by atoms with van der Waals surface area (Å²) in [5.41, 5.74) is 6.02. The Labute approximate surface area is 78.9 Å². The van der Waals surface area contributed by atoms with Gasteiger partial charge in [-0.25, -0.2) is 4.98 Å². The summed E-state index contributed by atoms with van der Waals surface area (Å²) >= 11 is 0. The molecule has 0 amide bonds. The zero-order valence-corrected chi connectivity index (χ0v) is 7.20. The van der Waals surface area contributed by atoms with E-state index in [0.29, 0.717) is 17.9 Å². The SMILES string of the molecule is N/C(Cc1cn2ccnnc2n1)=N\O. The zero-order chi connectivity index (χ0) is 9.97. The Bertz CT molecular complexity index is 443. The molecular formula is C7H8N6O. The summed E-state index contributed by atoms with van der Waals surface area (Å²) in [4.78, 5) is 4.12. The number of imidazole rings is 1. The third-order valence-corrected chi connectivity index (χ3v) is 1.69. The number of hydrogen-bond donors (Lipinski definition) is 2. The van der Waals surface area contributed by atoms with Gasteiger partial charge in [0.15, 0.2) is 0 Å².